The van der Waals surface area contributed by atoms with Gasteiger partial charge >= 0.3 is 5.97 Å². The van der Waals surface area contributed by atoms with Gasteiger partial charge in [-0.3, -0.25) is 9.59 Å². The largest absolute Gasteiger partial charge is 0.466 e. The average molecular weight is 420 g/mol. The summed E-state index contributed by atoms with van der Waals surface area (Å²) in [6.07, 6.45) is 1.32. The Labute approximate surface area is 175 Å². The van der Waals surface area contributed by atoms with Crippen molar-refractivity contribution in [3.63, 3.8) is 0 Å². The number of ether oxygens (including phenoxy) is 2. The van der Waals surface area contributed by atoms with Crippen molar-refractivity contribution in [2.45, 2.75) is 43.6 Å². The van der Waals surface area contributed by atoms with Crippen LogP contribution in [0.1, 0.15) is 26.7 Å². The first-order chi connectivity index (χ1) is 14.0. The van der Waals surface area contributed by atoms with Crippen molar-refractivity contribution >= 4 is 34.7 Å². The number of thioether (sulfide) groups is 1. The van der Waals surface area contributed by atoms with Crippen LogP contribution in [-0.4, -0.2) is 65.0 Å². The number of aromatic nitrogens is 2. The van der Waals surface area contributed by atoms with E-state index in [9.17, 15) is 9.59 Å². The smallest absolute Gasteiger partial charge is 0.309 e. The summed E-state index contributed by atoms with van der Waals surface area (Å²) >= 11 is 1.48. The van der Waals surface area contributed by atoms with Gasteiger partial charge in [0.05, 0.1) is 35.4 Å². The van der Waals surface area contributed by atoms with Gasteiger partial charge in [-0.05, 0) is 38.8 Å². The minimum Gasteiger partial charge on any atom is -0.466 e. The number of esters is 1. The fourth-order valence-corrected chi connectivity index (χ4v) is 4.64. The highest BCUT2D eigenvalue weighted by Crippen LogP contribution is 2.29. The minimum atomic E-state index is -0.257. The molecule has 0 bridgehead atoms. The molecular formula is C21H29N3O4S. The van der Waals surface area contributed by atoms with Crippen LogP contribution in [0.25, 0.3) is 11.0 Å². The Hall–Kier alpha value is -2.06. The number of nitrogens with zero attached hydrogens (tertiary/aromatic N) is 3. The van der Waals surface area contributed by atoms with E-state index in [0.717, 1.165) is 16.2 Å². The molecule has 1 fully saturated rings. The van der Waals surface area contributed by atoms with E-state index >= 15 is 0 Å². The molecule has 2 aromatic rings. The number of piperidine rings is 1. The van der Waals surface area contributed by atoms with E-state index in [1.807, 2.05) is 43.0 Å². The zero-order chi connectivity index (χ0) is 20.8. The van der Waals surface area contributed by atoms with Crippen molar-refractivity contribution in [2.75, 3.05) is 33.4 Å². The van der Waals surface area contributed by atoms with Crippen LogP contribution >= 0.6 is 11.8 Å². The van der Waals surface area contributed by atoms with Crippen molar-refractivity contribution in [3.05, 3.63) is 24.3 Å². The molecule has 0 saturated carbocycles. The maximum atomic E-state index is 13.0. The Morgan fingerprint density at radius 2 is 2.00 bits per heavy atom. The topological polar surface area (TPSA) is 73.7 Å². The normalized spacial score (nSPS) is 16.2. The summed E-state index contributed by atoms with van der Waals surface area (Å²) in [6, 6.07) is 7.97. The van der Waals surface area contributed by atoms with Gasteiger partial charge in [-0.25, -0.2) is 4.98 Å². The van der Waals surface area contributed by atoms with E-state index < -0.39 is 0 Å². The summed E-state index contributed by atoms with van der Waals surface area (Å²) in [5, 5.41) is 0.567. The summed E-state index contributed by atoms with van der Waals surface area (Å²) in [7, 11) is 1.68. The number of carbonyl (C=O) groups is 2. The van der Waals surface area contributed by atoms with Crippen LogP contribution in [0.3, 0.4) is 0 Å². The SMILES string of the molecule is CCOC(=O)C1CCN(C(=O)C(C)Sc2nc3ccccc3n2CCOC)CC1. The Kier molecular flexibility index (Phi) is 7.55. The average Bonchev–Trinajstić information content (AvgIpc) is 3.08. The number of benzene rings is 1. The fourth-order valence-electron chi connectivity index (χ4n) is 3.60. The van der Waals surface area contributed by atoms with Crippen molar-refractivity contribution < 1.29 is 19.1 Å². The van der Waals surface area contributed by atoms with E-state index in [0.29, 0.717) is 45.7 Å². The molecule has 1 unspecified atom stereocenters. The molecule has 0 spiro atoms. The predicted octanol–water partition coefficient (Wildman–Crippen LogP) is 2.97. The standard InChI is InChI=1S/C21H29N3O4S/c1-4-28-20(26)16-9-11-23(12-10-16)19(25)15(2)29-21-22-17-7-5-6-8-18(17)24(21)13-14-27-3/h5-8,15-16H,4,9-14H2,1-3H3. The first kappa shape index (κ1) is 21.6. The number of hydrogen-bond acceptors (Lipinski definition) is 6. The number of hydrogen-bond donors (Lipinski definition) is 0. The highest BCUT2D eigenvalue weighted by Gasteiger charge is 2.31. The molecular weight excluding hydrogens is 390 g/mol. The van der Waals surface area contributed by atoms with Crippen molar-refractivity contribution in [3.8, 4) is 0 Å². The molecule has 2 heterocycles. The second-order valence-electron chi connectivity index (χ2n) is 7.14. The number of fused-ring (bicyclic) bond motifs is 1. The highest BCUT2D eigenvalue weighted by atomic mass is 32.2. The number of imidazole rings is 1. The van der Waals surface area contributed by atoms with Gasteiger partial charge in [0.1, 0.15) is 0 Å². The second-order valence-corrected chi connectivity index (χ2v) is 8.45. The lowest BCUT2D eigenvalue weighted by Gasteiger charge is -2.32. The van der Waals surface area contributed by atoms with Crippen LogP contribution in [-0.2, 0) is 25.6 Å². The molecule has 8 heteroatoms. The van der Waals surface area contributed by atoms with E-state index in [1.54, 1.807) is 7.11 Å². The molecule has 1 aliphatic rings. The number of carbonyl (C=O) groups excluding carboxylic acids is 2. The third-order valence-electron chi connectivity index (χ3n) is 5.20. The molecule has 1 atom stereocenters. The molecule has 1 aliphatic heterocycles. The lowest BCUT2D eigenvalue weighted by Crippen LogP contribution is -2.43. The van der Waals surface area contributed by atoms with Crippen LogP contribution in [0.4, 0.5) is 0 Å². The van der Waals surface area contributed by atoms with Gasteiger partial charge in [0.2, 0.25) is 5.91 Å². The Morgan fingerprint density at radius 1 is 1.28 bits per heavy atom. The van der Waals surface area contributed by atoms with Gasteiger partial charge in [0.25, 0.3) is 0 Å². The molecule has 1 saturated heterocycles. The molecule has 1 amide bonds. The minimum absolute atomic E-state index is 0.0858. The fraction of sp³-hybridized carbons (Fsp3) is 0.571. The third kappa shape index (κ3) is 5.11. The van der Waals surface area contributed by atoms with Crippen LogP contribution in [0.5, 0.6) is 0 Å². The van der Waals surface area contributed by atoms with Gasteiger partial charge in [0, 0.05) is 26.7 Å². The maximum absolute atomic E-state index is 13.0. The van der Waals surface area contributed by atoms with Crippen molar-refractivity contribution in [1.29, 1.82) is 0 Å². The van der Waals surface area contributed by atoms with E-state index in [2.05, 4.69) is 4.57 Å². The first-order valence-corrected chi connectivity index (χ1v) is 11.0. The van der Waals surface area contributed by atoms with Gasteiger partial charge < -0.3 is 18.9 Å². The number of amides is 1. The summed E-state index contributed by atoms with van der Waals surface area (Å²) in [5.74, 6) is -0.156. The van der Waals surface area contributed by atoms with Crippen LogP contribution in [0.2, 0.25) is 0 Å². The quantitative estimate of drug-likeness (QED) is 0.484. The third-order valence-corrected chi connectivity index (χ3v) is 6.27. The zero-order valence-electron chi connectivity index (χ0n) is 17.3. The zero-order valence-corrected chi connectivity index (χ0v) is 18.1. The highest BCUT2D eigenvalue weighted by molar-refractivity contribution is 8.00. The molecule has 1 aromatic carbocycles. The lowest BCUT2D eigenvalue weighted by molar-refractivity contribution is -0.151. The Morgan fingerprint density at radius 3 is 2.69 bits per heavy atom. The molecule has 158 valence electrons. The van der Waals surface area contributed by atoms with Gasteiger partial charge in [0.15, 0.2) is 5.16 Å². The van der Waals surface area contributed by atoms with Gasteiger partial charge in [-0.15, -0.1) is 0 Å². The summed E-state index contributed by atoms with van der Waals surface area (Å²) < 4.78 is 12.5. The number of rotatable bonds is 8. The molecule has 0 N–H and O–H groups in total. The summed E-state index contributed by atoms with van der Waals surface area (Å²) in [6.45, 7) is 6.58. The molecule has 0 aliphatic carbocycles. The van der Waals surface area contributed by atoms with E-state index in [4.69, 9.17) is 14.5 Å². The summed E-state index contributed by atoms with van der Waals surface area (Å²) in [5.41, 5.74) is 1.96. The van der Waals surface area contributed by atoms with E-state index in [1.165, 1.54) is 11.8 Å². The second kappa shape index (κ2) is 10.1. The molecule has 1 aromatic heterocycles. The van der Waals surface area contributed by atoms with Gasteiger partial charge in [-0.1, -0.05) is 23.9 Å². The lowest BCUT2D eigenvalue weighted by atomic mass is 9.97. The monoisotopic (exact) mass is 419 g/mol. The van der Waals surface area contributed by atoms with Crippen LogP contribution in [0, 0.1) is 5.92 Å². The maximum Gasteiger partial charge on any atom is 0.309 e. The number of methoxy groups -OCH3 is 1. The van der Waals surface area contributed by atoms with Crippen molar-refractivity contribution in [2.24, 2.45) is 5.92 Å². The molecule has 29 heavy (non-hydrogen) atoms. The number of para-hydroxylation sites is 2. The predicted molar refractivity (Wildman–Crippen MR) is 113 cm³/mol. The molecule has 3 rings (SSSR count). The summed E-state index contributed by atoms with van der Waals surface area (Å²) in [4.78, 5) is 31.5. The van der Waals surface area contributed by atoms with Crippen LogP contribution in [0.15, 0.2) is 29.4 Å². The van der Waals surface area contributed by atoms with Gasteiger partial charge in [-0.2, -0.15) is 0 Å². The number of likely N-dealkylation sites (tertiary alicyclic amines) is 1. The van der Waals surface area contributed by atoms with E-state index in [-0.39, 0.29) is 23.0 Å². The van der Waals surface area contributed by atoms with Crippen LogP contribution < -0.4 is 0 Å². The Balaban J connectivity index is 1.65. The Bertz CT molecular complexity index is 846. The molecule has 7 nitrogen and oxygen atoms in total. The first-order valence-electron chi connectivity index (χ1n) is 10.1. The molecule has 0 radical (unpaired) electrons. The van der Waals surface area contributed by atoms with Crippen molar-refractivity contribution in [1.82, 2.24) is 14.5 Å².